The lowest BCUT2D eigenvalue weighted by Gasteiger charge is -2.23. The van der Waals surface area contributed by atoms with Gasteiger partial charge >= 0.3 is 0 Å². The van der Waals surface area contributed by atoms with Gasteiger partial charge in [-0.2, -0.15) is 14.6 Å². The highest BCUT2D eigenvalue weighted by Gasteiger charge is 2.30. The van der Waals surface area contributed by atoms with Crippen LogP contribution in [-0.2, 0) is 0 Å². The Balaban J connectivity index is 1.49. The second-order valence-corrected chi connectivity index (χ2v) is 6.32. The van der Waals surface area contributed by atoms with Crippen molar-refractivity contribution in [1.82, 2.24) is 24.5 Å². The molecule has 1 saturated carbocycles. The van der Waals surface area contributed by atoms with Crippen molar-refractivity contribution < 1.29 is 0 Å². The number of aryl methyl sites for hydroxylation is 1. The first-order valence-corrected chi connectivity index (χ1v) is 7.97. The number of nitrogens with one attached hydrogen (secondary N) is 1. The van der Waals surface area contributed by atoms with Crippen LogP contribution in [0, 0.1) is 6.92 Å². The molecule has 1 N–H and O–H groups in total. The van der Waals surface area contributed by atoms with Crippen LogP contribution in [-0.4, -0.2) is 49.7 Å². The van der Waals surface area contributed by atoms with E-state index in [1.807, 2.05) is 6.92 Å². The number of rotatable bonds is 3. The van der Waals surface area contributed by atoms with Crippen molar-refractivity contribution in [3.05, 3.63) is 18.1 Å². The molecule has 6 heteroatoms. The quantitative estimate of drug-likeness (QED) is 0.933. The molecular weight excluding hydrogens is 264 g/mol. The summed E-state index contributed by atoms with van der Waals surface area (Å²) in [7, 11) is 0. The Labute approximate surface area is 124 Å². The maximum atomic E-state index is 4.39. The van der Waals surface area contributed by atoms with Crippen molar-refractivity contribution in [2.45, 2.75) is 51.1 Å². The first-order valence-electron chi connectivity index (χ1n) is 7.97. The average molecular weight is 286 g/mol. The molecule has 21 heavy (non-hydrogen) atoms. The largest absolute Gasteiger partial charge is 0.366 e. The smallest absolute Gasteiger partial charge is 0.254 e. The SMILES string of the molecule is Cc1cc(NC2CCN(C3CCCC3)C2)n2ncnc2n1. The minimum atomic E-state index is 0.500. The van der Waals surface area contributed by atoms with Gasteiger partial charge in [-0.05, 0) is 26.2 Å². The molecule has 0 spiro atoms. The highest BCUT2D eigenvalue weighted by atomic mass is 15.4. The molecule has 6 nitrogen and oxygen atoms in total. The fourth-order valence-corrected chi connectivity index (χ4v) is 3.75. The zero-order valence-corrected chi connectivity index (χ0v) is 12.5. The maximum Gasteiger partial charge on any atom is 0.254 e. The standard InChI is InChI=1S/C15H22N6/c1-11-8-14(21-15(18-11)16-10-17-21)19-12-6-7-20(9-12)13-4-2-3-5-13/h8,10,12-13,19H,2-7,9H2,1H3. The third kappa shape index (κ3) is 2.48. The average Bonchev–Trinajstić information content (AvgIpc) is 3.19. The van der Waals surface area contributed by atoms with Crippen molar-refractivity contribution >= 4 is 11.6 Å². The lowest BCUT2D eigenvalue weighted by molar-refractivity contribution is 0.245. The minimum absolute atomic E-state index is 0.500. The number of hydrogen-bond donors (Lipinski definition) is 1. The van der Waals surface area contributed by atoms with Crippen LogP contribution in [0.3, 0.4) is 0 Å². The van der Waals surface area contributed by atoms with E-state index < -0.39 is 0 Å². The molecule has 0 aromatic carbocycles. The van der Waals surface area contributed by atoms with E-state index in [4.69, 9.17) is 0 Å². The van der Waals surface area contributed by atoms with Gasteiger partial charge in [0.1, 0.15) is 12.1 Å². The van der Waals surface area contributed by atoms with Gasteiger partial charge < -0.3 is 5.32 Å². The number of nitrogens with zero attached hydrogens (tertiary/aromatic N) is 5. The number of aromatic nitrogens is 4. The molecule has 4 rings (SSSR count). The molecule has 2 fully saturated rings. The van der Waals surface area contributed by atoms with Crippen LogP contribution in [0.15, 0.2) is 12.4 Å². The predicted octanol–water partition coefficient (Wildman–Crippen LogP) is 1.86. The lowest BCUT2D eigenvalue weighted by Crippen LogP contribution is -2.33. The molecule has 1 unspecified atom stereocenters. The molecular formula is C15H22N6. The molecule has 2 aromatic heterocycles. The summed E-state index contributed by atoms with van der Waals surface area (Å²) in [5, 5.41) is 7.91. The van der Waals surface area contributed by atoms with E-state index in [2.05, 4.69) is 31.3 Å². The molecule has 0 amide bonds. The van der Waals surface area contributed by atoms with E-state index in [0.717, 1.165) is 24.1 Å². The number of anilines is 1. The Morgan fingerprint density at radius 3 is 2.95 bits per heavy atom. The predicted molar refractivity (Wildman–Crippen MR) is 81.4 cm³/mol. The van der Waals surface area contributed by atoms with Crippen molar-refractivity contribution in [3.63, 3.8) is 0 Å². The Kier molecular flexibility index (Phi) is 3.25. The Bertz CT molecular complexity index is 630. The van der Waals surface area contributed by atoms with Gasteiger partial charge in [0.25, 0.3) is 5.78 Å². The summed E-state index contributed by atoms with van der Waals surface area (Å²) in [6.07, 6.45) is 8.34. The Hall–Kier alpha value is -1.69. The zero-order valence-electron chi connectivity index (χ0n) is 12.5. The van der Waals surface area contributed by atoms with Gasteiger partial charge in [0.15, 0.2) is 0 Å². The molecule has 0 radical (unpaired) electrons. The van der Waals surface area contributed by atoms with Crippen LogP contribution in [0.1, 0.15) is 37.8 Å². The van der Waals surface area contributed by atoms with Gasteiger partial charge in [0.2, 0.25) is 0 Å². The normalized spacial score (nSPS) is 24.1. The van der Waals surface area contributed by atoms with Crippen LogP contribution in [0.4, 0.5) is 5.82 Å². The van der Waals surface area contributed by atoms with E-state index in [1.54, 1.807) is 10.8 Å². The molecule has 2 aliphatic rings. The number of fused-ring (bicyclic) bond motifs is 1. The number of hydrogen-bond acceptors (Lipinski definition) is 5. The fourth-order valence-electron chi connectivity index (χ4n) is 3.75. The molecule has 1 atom stereocenters. The van der Waals surface area contributed by atoms with Crippen molar-refractivity contribution in [3.8, 4) is 0 Å². The van der Waals surface area contributed by atoms with E-state index in [-0.39, 0.29) is 0 Å². The van der Waals surface area contributed by atoms with Gasteiger partial charge in [-0.1, -0.05) is 12.8 Å². The van der Waals surface area contributed by atoms with Crippen LogP contribution >= 0.6 is 0 Å². The van der Waals surface area contributed by atoms with Gasteiger partial charge in [-0.3, -0.25) is 4.90 Å². The van der Waals surface area contributed by atoms with Crippen LogP contribution < -0.4 is 5.32 Å². The van der Waals surface area contributed by atoms with E-state index in [9.17, 15) is 0 Å². The monoisotopic (exact) mass is 286 g/mol. The third-order valence-electron chi connectivity index (χ3n) is 4.79. The van der Waals surface area contributed by atoms with Crippen LogP contribution in [0.25, 0.3) is 5.78 Å². The van der Waals surface area contributed by atoms with Crippen LogP contribution in [0.2, 0.25) is 0 Å². The van der Waals surface area contributed by atoms with Gasteiger partial charge in [-0.15, -0.1) is 0 Å². The highest BCUT2D eigenvalue weighted by molar-refractivity contribution is 5.45. The molecule has 0 bridgehead atoms. The molecule has 1 saturated heterocycles. The summed E-state index contributed by atoms with van der Waals surface area (Å²) >= 11 is 0. The maximum absolute atomic E-state index is 4.39. The summed E-state index contributed by atoms with van der Waals surface area (Å²) in [5.41, 5.74) is 0.976. The summed E-state index contributed by atoms with van der Waals surface area (Å²) in [6.45, 7) is 4.36. The topological polar surface area (TPSA) is 58.4 Å². The van der Waals surface area contributed by atoms with Gasteiger partial charge in [-0.25, -0.2) is 4.98 Å². The lowest BCUT2D eigenvalue weighted by atomic mass is 10.2. The summed E-state index contributed by atoms with van der Waals surface area (Å²) < 4.78 is 1.80. The van der Waals surface area contributed by atoms with Crippen molar-refractivity contribution in [2.75, 3.05) is 18.4 Å². The van der Waals surface area contributed by atoms with E-state index in [1.165, 1.54) is 38.6 Å². The molecule has 1 aliphatic carbocycles. The van der Waals surface area contributed by atoms with Crippen LogP contribution in [0.5, 0.6) is 0 Å². The summed E-state index contributed by atoms with van der Waals surface area (Å²) in [5.74, 6) is 1.68. The molecule has 2 aromatic rings. The summed E-state index contributed by atoms with van der Waals surface area (Å²) in [6, 6.07) is 3.38. The van der Waals surface area contributed by atoms with Gasteiger partial charge in [0.05, 0.1) is 0 Å². The minimum Gasteiger partial charge on any atom is -0.366 e. The van der Waals surface area contributed by atoms with Crippen molar-refractivity contribution in [1.29, 1.82) is 0 Å². The van der Waals surface area contributed by atoms with Crippen molar-refractivity contribution in [2.24, 2.45) is 0 Å². The first kappa shape index (κ1) is 13.0. The fraction of sp³-hybridized carbons (Fsp3) is 0.667. The third-order valence-corrected chi connectivity index (χ3v) is 4.79. The second kappa shape index (κ2) is 5.26. The Morgan fingerprint density at radius 2 is 2.10 bits per heavy atom. The Morgan fingerprint density at radius 1 is 1.24 bits per heavy atom. The number of likely N-dealkylation sites (tertiary alicyclic amines) is 1. The van der Waals surface area contributed by atoms with E-state index >= 15 is 0 Å². The van der Waals surface area contributed by atoms with E-state index in [0.29, 0.717) is 11.8 Å². The zero-order chi connectivity index (χ0) is 14.2. The second-order valence-electron chi connectivity index (χ2n) is 6.32. The first-order chi connectivity index (χ1) is 10.3. The van der Waals surface area contributed by atoms with Gasteiger partial charge in [0, 0.05) is 36.9 Å². The molecule has 3 heterocycles. The highest BCUT2D eigenvalue weighted by Crippen LogP contribution is 2.27. The molecule has 112 valence electrons. The summed E-state index contributed by atoms with van der Waals surface area (Å²) in [4.78, 5) is 11.2. The molecule has 1 aliphatic heterocycles.